The Labute approximate surface area is 106 Å². The summed E-state index contributed by atoms with van der Waals surface area (Å²) in [6.45, 7) is 2.09. The summed E-state index contributed by atoms with van der Waals surface area (Å²) in [7, 11) is 0. The molecule has 0 heterocycles. The number of hydrogen-bond acceptors (Lipinski definition) is 4. The first-order valence-electron chi connectivity index (χ1n) is 5.48. The number of nitrogen functional groups attached to an aromatic ring is 1. The van der Waals surface area contributed by atoms with Gasteiger partial charge in [-0.25, -0.2) is 0 Å². The van der Waals surface area contributed by atoms with Gasteiger partial charge in [0.1, 0.15) is 0 Å². The number of aliphatic hydroxyl groups excluding tert-OH is 1. The van der Waals surface area contributed by atoms with Gasteiger partial charge in [0.05, 0.1) is 5.75 Å². The molecule has 0 unspecified atom stereocenters. The third-order valence-corrected chi connectivity index (χ3v) is 3.29. The predicted octanol–water partition coefficient (Wildman–Crippen LogP) is 1.63. The van der Waals surface area contributed by atoms with Crippen LogP contribution < -0.4 is 11.1 Å². The van der Waals surface area contributed by atoms with Crippen LogP contribution in [0.5, 0.6) is 0 Å². The van der Waals surface area contributed by atoms with Crippen molar-refractivity contribution in [2.24, 2.45) is 0 Å². The van der Waals surface area contributed by atoms with Gasteiger partial charge < -0.3 is 16.2 Å². The van der Waals surface area contributed by atoms with Gasteiger partial charge in [-0.15, -0.1) is 0 Å². The fourth-order valence-electron chi connectivity index (χ4n) is 1.25. The number of carbonyl (C=O) groups is 1. The van der Waals surface area contributed by atoms with Crippen molar-refractivity contribution in [3.05, 3.63) is 23.8 Å². The van der Waals surface area contributed by atoms with Crippen LogP contribution >= 0.6 is 11.8 Å². The number of nitrogens with one attached hydrogen (secondary N) is 1. The molecule has 0 aliphatic carbocycles. The molecule has 0 spiro atoms. The number of thioether (sulfide) groups is 1. The van der Waals surface area contributed by atoms with E-state index in [0.29, 0.717) is 11.4 Å². The number of amides is 1. The lowest BCUT2D eigenvalue weighted by Crippen LogP contribution is -2.14. The maximum Gasteiger partial charge on any atom is 0.234 e. The van der Waals surface area contributed by atoms with Crippen molar-refractivity contribution in [3.63, 3.8) is 0 Å². The number of nitrogens with two attached hydrogens (primary N) is 1. The Morgan fingerprint density at radius 1 is 1.53 bits per heavy atom. The number of benzene rings is 1. The van der Waals surface area contributed by atoms with Gasteiger partial charge in [0.15, 0.2) is 0 Å². The van der Waals surface area contributed by atoms with Crippen LogP contribution in [-0.4, -0.2) is 29.1 Å². The Morgan fingerprint density at radius 2 is 2.29 bits per heavy atom. The fourth-order valence-corrected chi connectivity index (χ4v) is 1.98. The molecule has 1 aromatic rings. The average Bonchev–Trinajstić information content (AvgIpc) is 2.30. The highest BCUT2D eigenvalue weighted by molar-refractivity contribution is 7.99. The van der Waals surface area contributed by atoms with E-state index < -0.39 is 0 Å². The number of aryl methyl sites for hydroxylation is 1. The zero-order valence-corrected chi connectivity index (χ0v) is 10.7. The van der Waals surface area contributed by atoms with Crippen LogP contribution in [-0.2, 0) is 4.79 Å². The van der Waals surface area contributed by atoms with E-state index in [1.165, 1.54) is 11.8 Å². The Hall–Kier alpha value is -1.20. The summed E-state index contributed by atoms with van der Waals surface area (Å²) in [6, 6.07) is 5.47. The molecule has 1 amide bonds. The lowest BCUT2D eigenvalue weighted by atomic mass is 10.2. The normalized spacial score (nSPS) is 10.2. The van der Waals surface area contributed by atoms with E-state index in [1.807, 2.05) is 19.1 Å². The van der Waals surface area contributed by atoms with Gasteiger partial charge in [-0.3, -0.25) is 4.79 Å². The molecule has 0 aromatic heterocycles. The van der Waals surface area contributed by atoms with Crippen molar-refractivity contribution in [2.45, 2.75) is 13.3 Å². The van der Waals surface area contributed by atoms with Crippen LogP contribution in [0, 0.1) is 6.92 Å². The van der Waals surface area contributed by atoms with Gasteiger partial charge in [-0.05, 0) is 36.8 Å². The number of aliphatic hydroxyl groups is 1. The van der Waals surface area contributed by atoms with E-state index in [9.17, 15) is 4.79 Å². The van der Waals surface area contributed by atoms with Crippen LogP contribution in [0.3, 0.4) is 0 Å². The van der Waals surface area contributed by atoms with Crippen molar-refractivity contribution in [3.8, 4) is 0 Å². The number of anilines is 2. The molecule has 4 N–H and O–H groups in total. The number of carbonyl (C=O) groups excluding carboxylic acids is 1. The van der Waals surface area contributed by atoms with Gasteiger partial charge in [-0.1, -0.05) is 6.07 Å². The Morgan fingerprint density at radius 3 is 2.94 bits per heavy atom. The van der Waals surface area contributed by atoms with Gasteiger partial charge in [0, 0.05) is 18.0 Å². The second-order valence-electron chi connectivity index (χ2n) is 3.75. The average molecular weight is 254 g/mol. The lowest BCUT2D eigenvalue weighted by molar-refractivity contribution is -0.113. The molecule has 0 aliphatic heterocycles. The summed E-state index contributed by atoms with van der Waals surface area (Å²) in [4.78, 5) is 11.5. The molecule has 94 valence electrons. The third kappa shape index (κ3) is 5.10. The van der Waals surface area contributed by atoms with Gasteiger partial charge in [-0.2, -0.15) is 11.8 Å². The second-order valence-corrected chi connectivity index (χ2v) is 4.85. The van der Waals surface area contributed by atoms with Crippen LogP contribution in [0.2, 0.25) is 0 Å². The Kier molecular flexibility index (Phi) is 5.86. The van der Waals surface area contributed by atoms with E-state index in [1.54, 1.807) is 6.07 Å². The predicted molar refractivity (Wildman–Crippen MR) is 73.2 cm³/mol. The van der Waals surface area contributed by atoms with Crippen molar-refractivity contribution >= 4 is 29.0 Å². The maximum atomic E-state index is 11.5. The van der Waals surface area contributed by atoms with E-state index in [4.69, 9.17) is 10.8 Å². The molecule has 0 radical (unpaired) electrons. The van der Waals surface area contributed by atoms with Gasteiger partial charge >= 0.3 is 0 Å². The first kappa shape index (κ1) is 13.9. The molecular formula is C12H18N2O2S. The minimum absolute atomic E-state index is 0.0452. The molecule has 0 fully saturated rings. The molecule has 17 heavy (non-hydrogen) atoms. The monoisotopic (exact) mass is 254 g/mol. The number of hydrogen-bond donors (Lipinski definition) is 3. The van der Waals surface area contributed by atoms with Crippen LogP contribution in [0.15, 0.2) is 18.2 Å². The summed E-state index contributed by atoms with van der Waals surface area (Å²) in [5.41, 5.74) is 8.15. The number of rotatable bonds is 6. The summed E-state index contributed by atoms with van der Waals surface area (Å²) >= 11 is 1.51. The van der Waals surface area contributed by atoms with Crippen LogP contribution in [0.1, 0.15) is 12.0 Å². The molecule has 0 bridgehead atoms. The summed E-state index contributed by atoms with van der Waals surface area (Å²) in [5, 5.41) is 11.4. The quantitative estimate of drug-likeness (QED) is 0.533. The summed E-state index contributed by atoms with van der Waals surface area (Å²) in [6.07, 6.45) is 0.718. The topological polar surface area (TPSA) is 75.3 Å². The Balaban J connectivity index is 2.37. The van der Waals surface area contributed by atoms with E-state index in [2.05, 4.69) is 5.32 Å². The zero-order chi connectivity index (χ0) is 12.7. The standard InChI is InChI=1S/C12H18N2O2S/c1-9-3-4-10(7-11(9)13)14-12(16)8-17-6-2-5-15/h3-4,7,15H,2,5-6,8,13H2,1H3,(H,14,16). The van der Waals surface area contributed by atoms with Gasteiger partial charge in [0.2, 0.25) is 5.91 Å². The highest BCUT2D eigenvalue weighted by Gasteiger charge is 2.03. The third-order valence-electron chi connectivity index (χ3n) is 2.24. The lowest BCUT2D eigenvalue weighted by Gasteiger charge is -2.07. The molecule has 4 nitrogen and oxygen atoms in total. The zero-order valence-electron chi connectivity index (χ0n) is 9.90. The molecule has 5 heteroatoms. The molecular weight excluding hydrogens is 236 g/mol. The molecule has 0 saturated carbocycles. The Bertz CT molecular complexity index is 383. The van der Waals surface area contributed by atoms with Crippen LogP contribution in [0.4, 0.5) is 11.4 Å². The van der Waals surface area contributed by atoms with E-state index in [0.717, 1.165) is 23.4 Å². The van der Waals surface area contributed by atoms with Crippen molar-refractivity contribution in [1.82, 2.24) is 0 Å². The molecule has 0 saturated heterocycles. The van der Waals surface area contributed by atoms with Crippen molar-refractivity contribution in [1.29, 1.82) is 0 Å². The smallest absolute Gasteiger partial charge is 0.234 e. The highest BCUT2D eigenvalue weighted by Crippen LogP contribution is 2.17. The van der Waals surface area contributed by atoms with Crippen molar-refractivity contribution in [2.75, 3.05) is 29.2 Å². The summed E-state index contributed by atoms with van der Waals surface area (Å²) in [5.74, 6) is 1.14. The molecule has 1 aromatic carbocycles. The van der Waals surface area contributed by atoms with Crippen LogP contribution in [0.25, 0.3) is 0 Å². The van der Waals surface area contributed by atoms with E-state index in [-0.39, 0.29) is 12.5 Å². The fraction of sp³-hybridized carbons (Fsp3) is 0.417. The molecule has 0 aliphatic rings. The molecule has 0 atom stereocenters. The first-order valence-corrected chi connectivity index (χ1v) is 6.63. The second kappa shape index (κ2) is 7.19. The maximum absolute atomic E-state index is 11.5. The first-order chi connectivity index (χ1) is 8.13. The minimum Gasteiger partial charge on any atom is -0.398 e. The summed E-state index contributed by atoms with van der Waals surface area (Å²) < 4.78 is 0. The molecule has 1 rings (SSSR count). The van der Waals surface area contributed by atoms with E-state index >= 15 is 0 Å². The minimum atomic E-state index is -0.0452. The van der Waals surface area contributed by atoms with Gasteiger partial charge in [0.25, 0.3) is 0 Å². The largest absolute Gasteiger partial charge is 0.398 e. The van der Waals surface area contributed by atoms with Crippen molar-refractivity contribution < 1.29 is 9.90 Å². The highest BCUT2D eigenvalue weighted by atomic mass is 32.2. The SMILES string of the molecule is Cc1ccc(NC(=O)CSCCCO)cc1N.